The van der Waals surface area contributed by atoms with Gasteiger partial charge in [-0.25, -0.2) is 0 Å². The van der Waals surface area contributed by atoms with E-state index in [1.54, 1.807) is 23.1 Å². The number of aromatic hydroxyl groups is 1. The first kappa shape index (κ1) is 16.8. The summed E-state index contributed by atoms with van der Waals surface area (Å²) in [5.74, 6) is 0.473. The zero-order valence-corrected chi connectivity index (χ0v) is 13.8. The number of benzene rings is 2. The molecule has 1 amide bonds. The fourth-order valence-electron chi connectivity index (χ4n) is 3.10. The molecular weight excluding hydrogens is 324 g/mol. The number of phenolic OH excluding ortho intramolecular Hbond substituents is 1. The van der Waals surface area contributed by atoms with Crippen molar-refractivity contribution in [1.29, 1.82) is 0 Å². The maximum absolute atomic E-state index is 11.9. The zero-order chi connectivity index (χ0) is 18.0. The second kappa shape index (κ2) is 6.80. The third-order valence-electron chi connectivity index (χ3n) is 4.30. The van der Waals surface area contributed by atoms with Crippen molar-refractivity contribution in [1.82, 2.24) is 4.90 Å². The molecule has 25 heavy (non-hydrogen) atoms. The summed E-state index contributed by atoms with van der Waals surface area (Å²) in [5.41, 5.74) is 1.55. The van der Waals surface area contributed by atoms with Crippen molar-refractivity contribution in [2.45, 2.75) is 19.4 Å². The molecule has 0 bridgehead atoms. The lowest BCUT2D eigenvalue weighted by Gasteiger charge is -2.20. The van der Waals surface area contributed by atoms with Gasteiger partial charge in [-0.1, -0.05) is 12.1 Å². The van der Waals surface area contributed by atoms with Crippen LogP contribution < -0.4 is 4.74 Å². The van der Waals surface area contributed by atoms with Gasteiger partial charge in [-0.3, -0.25) is 14.9 Å². The lowest BCUT2D eigenvalue weighted by Crippen LogP contribution is -2.24. The van der Waals surface area contributed by atoms with Crippen molar-refractivity contribution in [3.8, 4) is 22.6 Å². The second-order valence-corrected chi connectivity index (χ2v) is 5.88. The maximum atomic E-state index is 11.9. The minimum atomic E-state index is -0.486. The number of nitro benzene ring substituents is 1. The van der Waals surface area contributed by atoms with Gasteiger partial charge in [0.05, 0.1) is 17.6 Å². The molecule has 0 aliphatic carbocycles. The van der Waals surface area contributed by atoms with Gasteiger partial charge in [0.15, 0.2) is 0 Å². The fourth-order valence-corrected chi connectivity index (χ4v) is 3.10. The average Bonchev–Trinajstić information content (AvgIpc) is 3.01. The number of non-ortho nitro benzene ring substituents is 1. The monoisotopic (exact) mass is 342 g/mol. The molecular formula is C18H18N2O5. The lowest BCUT2D eigenvalue weighted by molar-refractivity contribution is -0.384. The predicted octanol–water partition coefficient (Wildman–Crippen LogP) is 3.10. The van der Waals surface area contributed by atoms with Gasteiger partial charge in [-0.15, -0.1) is 0 Å². The normalized spacial score (nSPS) is 14.0. The molecule has 7 nitrogen and oxygen atoms in total. The summed E-state index contributed by atoms with van der Waals surface area (Å²) in [5, 5.41) is 21.3. The quantitative estimate of drug-likeness (QED) is 0.666. The number of nitro groups is 1. The number of methoxy groups -OCH3 is 1. The number of carbonyl (C=O) groups excluding carboxylic acids is 1. The van der Waals surface area contributed by atoms with Gasteiger partial charge in [0.1, 0.15) is 11.5 Å². The molecule has 1 saturated heterocycles. The van der Waals surface area contributed by atoms with E-state index in [1.807, 2.05) is 0 Å². The summed E-state index contributed by atoms with van der Waals surface area (Å²) in [6, 6.07) is 9.24. The predicted molar refractivity (Wildman–Crippen MR) is 91.4 cm³/mol. The molecule has 2 aromatic carbocycles. The molecule has 0 unspecified atom stereocenters. The third kappa shape index (κ3) is 3.26. The van der Waals surface area contributed by atoms with Crippen molar-refractivity contribution < 1.29 is 19.6 Å². The van der Waals surface area contributed by atoms with Crippen LogP contribution in [0.4, 0.5) is 5.69 Å². The molecule has 1 aliphatic rings. The van der Waals surface area contributed by atoms with Gasteiger partial charge >= 0.3 is 0 Å². The van der Waals surface area contributed by atoms with Gasteiger partial charge in [0, 0.05) is 37.2 Å². The van der Waals surface area contributed by atoms with E-state index in [4.69, 9.17) is 4.74 Å². The number of amides is 1. The van der Waals surface area contributed by atoms with E-state index in [9.17, 15) is 20.0 Å². The summed E-state index contributed by atoms with van der Waals surface area (Å²) >= 11 is 0. The number of carbonyl (C=O) groups is 1. The van der Waals surface area contributed by atoms with E-state index < -0.39 is 4.92 Å². The number of hydrogen-bond acceptors (Lipinski definition) is 5. The topological polar surface area (TPSA) is 92.9 Å². The van der Waals surface area contributed by atoms with Crippen molar-refractivity contribution in [2.24, 2.45) is 0 Å². The van der Waals surface area contributed by atoms with Crippen molar-refractivity contribution >= 4 is 11.6 Å². The van der Waals surface area contributed by atoms with Gasteiger partial charge in [0.25, 0.3) is 5.69 Å². The van der Waals surface area contributed by atoms with Crippen LogP contribution in [-0.2, 0) is 11.3 Å². The van der Waals surface area contributed by atoms with Crippen molar-refractivity contribution in [3.63, 3.8) is 0 Å². The molecule has 3 rings (SSSR count). The van der Waals surface area contributed by atoms with Crippen LogP contribution >= 0.6 is 0 Å². The Morgan fingerprint density at radius 1 is 1.32 bits per heavy atom. The first-order valence-electron chi connectivity index (χ1n) is 7.92. The molecule has 130 valence electrons. The Hall–Kier alpha value is -3.09. The van der Waals surface area contributed by atoms with E-state index in [1.165, 1.54) is 25.3 Å². The molecule has 0 radical (unpaired) electrons. The summed E-state index contributed by atoms with van der Waals surface area (Å²) in [6.07, 6.45) is 1.37. The molecule has 1 fully saturated rings. The highest BCUT2D eigenvalue weighted by molar-refractivity contribution is 5.81. The summed E-state index contributed by atoms with van der Waals surface area (Å²) < 4.78 is 5.49. The smallest absolute Gasteiger partial charge is 0.270 e. The number of phenols is 1. The largest absolute Gasteiger partial charge is 0.507 e. The van der Waals surface area contributed by atoms with Crippen LogP contribution in [-0.4, -0.2) is 34.5 Å². The van der Waals surface area contributed by atoms with E-state index in [-0.39, 0.29) is 17.3 Å². The number of hydrogen-bond donors (Lipinski definition) is 1. The summed E-state index contributed by atoms with van der Waals surface area (Å²) in [4.78, 5) is 24.2. The van der Waals surface area contributed by atoms with Gasteiger partial charge in [0.2, 0.25) is 5.91 Å². The van der Waals surface area contributed by atoms with Gasteiger partial charge in [-0.05, 0) is 24.1 Å². The molecule has 0 spiro atoms. The summed E-state index contributed by atoms with van der Waals surface area (Å²) in [6.45, 7) is 1.07. The second-order valence-electron chi connectivity index (χ2n) is 5.88. The Balaban J connectivity index is 2.06. The minimum Gasteiger partial charge on any atom is -0.507 e. The van der Waals surface area contributed by atoms with Crippen LogP contribution in [0, 0.1) is 10.1 Å². The zero-order valence-electron chi connectivity index (χ0n) is 13.8. The number of ether oxygens (including phenoxy) is 1. The Kier molecular flexibility index (Phi) is 4.56. The molecule has 0 saturated carbocycles. The highest BCUT2D eigenvalue weighted by atomic mass is 16.6. The van der Waals surface area contributed by atoms with Crippen LogP contribution in [0.1, 0.15) is 18.4 Å². The average molecular weight is 342 g/mol. The Morgan fingerprint density at radius 2 is 2.12 bits per heavy atom. The van der Waals surface area contributed by atoms with E-state index >= 15 is 0 Å². The molecule has 1 aliphatic heterocycles. The molecule has 0 atom stereocenters. The summed E-state index contributed by atoms with van der Waals surface area (Å²) in [7, 11) is 1.48. The Labute approximate surface area is 144 Å². The number of nitrogens with zero attached hydrogens (tertiary/aromatic N) is 2. The third-order valence-corrected chi connectivity index (χ3v) is 4.30. The highest BCUT2D eigenvalue weighted by Gasteiger charge is 2.24. The van der Waals surface area contributed by atoms with E-state index in [0.29, 0.717) is 36.4 Å². The lowest BCUT2D eigenvalue weighted by atomic mass is 9.99. The van der Waals surface area contributed by atoms with Crippen LogP contribution in [0.15, 0.2) is 36.4 Å². The molecule has 7 heteroatoms. The van der Waals surface area contributed by atoms with Gasteiger partial charge < -0.3 is 14.7 Å². The van der Waals surface area contributed by atoms with Crippen molar-refractivity contribution in [2.75, 3.05) is 13.7 Å². The van der Waals surface area contributed by atoms with E-state index in [0.717, 1.165) is 12.0 Å². The molecule has 1 heterocycles. The van der Waals surface area contributed by atoms with E-state index in [2.05, 4.69) is 0 Å². The molecule has 0 aromatic heterocycles. The first-order valence-corrected chi connectivity index (χ1v) is 7.92. The SMILES string of the molecule is COc1c(CN2CCCC2=O)ccc(O)c1-c1cccc([N+](=O)[O-])c1. The standard InChI is InChI=1S/C18H18N2O5/c1-25-18-13(11-19-9-3-6-16(19)22)7-8-15(21)17(18)12-4-2-5-14(10-12)20(23)24/h2,4-5,7-8,10,21H,3,6,9,11H2,1H3. The van der Waals surface area contributed by atoms with Crippen LogP contribution in [0.3, 0.4) is 0 Å². The Morgan fingerprint density at radius 3 is 2.76 bits per heavy atom. The number of likely N-dealkylation sites (tertiary alicyclic amines) is 1. The maximum Gasteiger partial charge on any atom is 0.270 e. The fraction of sp³-hybridized carbons (Fsp3) is 0.278. The molecule has 1 N–H and O–H groups in total. The minimum absolute atomic E-state index is 0.0335. The number of rotatable bonds is 5. The van der Waals surface area contributed by atoms with Crippen LogP contribution in [0.2, 0.25) is 0 Å². The van der Waals surface area contributed by atoms with Crippen LogP contribution in [0.5, 0.6) is 11.5 Å². The highest BCUT2D eigenvalue weighted by Crippen LogP contribution is 2.41. The van der Waals surface area contributed by atoms with Gasteiger partial charge in [-0.2, -0.15) is 0 Å². The first-order chi connectivity index (χ1) is 12.0. The van der Waals surface area contributed by atoms with Crippen LogP contribution in [0.25, 0.3) is 11.1 Å². The van der Waals surface area contributed by atoms with Crippen molar-refractivity contribution in [3.05, 3.63) is 52.1 Å². The molecule has 2 aromatic rings. The Bertz CT molecular complexity index is 834.